The molecule has 1 saturated heterocycles. The van der Waals surface area contributed by atoms with Crippen LogP contribution in [0.3, 0.4) is 0 Å². The Morgan fingerprint density at radius 1 is 1.31 bits per heavy atom. The van der Waals surface area contributed by atoms with Gasteiger partial charge in [0.2, 0.25) is 6.23 Å². The molecular formula is C10H9ClN2O3. The molecule has 1 heterocycles. The molecule has 0 bridgehead atoms. The van der Waals surface area contributed by atoms with Crippen molar-refractivity contribution in [3.05, 3.63) is 29.3 Å². The molecule has 1 aliphatic rings. The van der Waals surface area contributed by atoms with Crippen LogP contribution >= 0.6 is 11.6 Å². The van der Waals surface area contributed by atoms with Gasteiger partial charge in [0.15, 0.2) is 0 Å². The van der Waals surface area contributed by atoms with Crippen molar-refractivity contribution in [1.82, 2.24) is 5.32 Å². The van der Waals surface area contributed by atoms with Crippen molar-refractivity contribution in [3.8, 4) is 0 Å². The topological polar surface area (TPSA) is 58.6 Å². The van der Waals surface area contributed by atoms with E-state index in [2.05, 4.69) is 5.32 Å². The summed E-state index contributed by atoms with van der Waals surface area (Å²) in [5, 5.41) is 2.94. The summed E-state index contributed by atoms with van der Waals surface area (Å²) in [6.45, 7) is 0. The van der Waals surface area contributed by atoms with E-state index in [1.807, 2.05) is 0 Å². The van der Waals surface area contributed by atoms with Crippen molar-refractivity contribution in [1.29, 1.82) is 0 Å². The average Bonchev–Trinajstić information content (AvgIpc) is 2.56. The van der Waals surface area contributed by atoms with E-state index in [1.165, 1.54) is 7.11 Å². The van der Waals surface area contributed by atoms with Gasteiger partial charge in [-0.3, -0.25) is 4.79 Å². The Bertz CT molecular complexity index is 432. The van der Waals surface area contributed by atoms with Gasteiger partial charge in [-0.1, -0.05) is 11.6 Å². The molecule has 1 aromatic carbocycles. The van der Waals surface area contributed by atoms with E-state index in [1.54, 1.807) is 24.3 Å². The number of nitrogens with zero attached hydrogens (tertiary/aromatic N) is 1. The van der Waals surface area contributed by atoms with Crippen LogP contribution in [-0.2, 0) is 9.53 Å². The molecule has 0 radical (unpaired) electrons. The third-order valence-corrected chi connectivity index (χ3v) is 2.47. The van der Waals surface area contributed by atoms with Gasteiger partial charge in [0.1, 0.15) is 0 Å². The van der Waals surface area contributed by atoms with E-state index in [4.69, 9.17) is 16.3 Å². The number of halogens is 1. The van der Waals surface area contributed by atoms with Crippen LogP contribution < -0.4 is 10.2 Å². The first-order valence-corrected chi connectivity index (χ1v) is 4.94. The normalized spacial score (nSPS) is 20.1. The third-order valence-electron chi connectivity index (χ3n) is 2.22. The fraction of sp³-hybridized carbons (Fsp3) is 0.200. The number of amides is 3. The van der Waals surface area contributed by atoms with Crippen molar-refractivity contribution >= 4 is 29.2 Å². The first-order chi connectivity index (χ1) is 7.63. The molecule has 1 atom stereocenters. The lowest BCUT2D eigenvalue weighted by molar-refractivity contribution is -0.126. The highest BCUT2D eigenvalue weighted by atomic mass is 35.5. The largest absolute Gasteiger partial charge is 0.353 e. The number of carbonyl (C=O) groups excluding carboxylic acids is 2. The minimum atomic E-state index is -0.914. The zero-order valence-corrected chi connectivity index (χ0v) is 9.19. The van der Waals surface area contributed by atoms with Crippen LogP contribution in [0.25, 0.3) is 0 Å². The van der Waals surface area contributed by atoms with Crippen LogP contribution in [0.2, 0.25) is 5.02 Å². The summed E-state index contributed by atoms with van der Waals surface area (Å²) in [4.78, 5) is 24.3. The molecule has 1 fully saturated rings. The van der Waals surface area contributed by atoms with Crippen molar-refractivity contribution in [2.24, 2.45) is 0 Å². The number of anilines is 1. The fourth-order valence-electron chi connectivity index (χ4n) is 1.45. The minimum absolute atomic E-state index is 0.435. The molecule has 0 aliphatic carbocycles. The predicted octanol–water partition coefficient (Wildman–Crippen LogP) is 1.37. The lowest BCUT2D eigenvalue weighted by Crippen LogP contribution is -2.32. The quantitative estimate of drug-likeness (QED) is 0.795. The van der Waals surface area contributed by atoms with Crippen molar-refractivity contribution in [3.63, 3.8) is 0 Å². The summed E-state index contributed by atoms with van der Waals surface area (Å²) >= 11 is 5.72. The van der Waals surface area contributed by atoms with Crippen molar-refractivity contribution < 1.29 is 14.3 Å². The highest BCUT2D eigenvalue weighted by Gasteiger charge is 2.39. The van der Waals surface area contributed by atoms with E-state index >= 15 is 0 Å². The van der Waals surface area contributed by atoms with Crippen LogP contribution in [0.1, 0.15) is 0 Å². The van der Waals surface area contributed by atoms with Gasteiger partial charge in [-0.25, -0.2) is 9.69 Å². The Kier molecular flexibility index (Phi) is 2.80. The monoisotopic (exact) mass is 240 g/mol. The standard InChI is InChI=1S/C10H9ClN2O3/c1-16-8-9(14)13(10(15)12-8)7-4-2-6(11)3-5-7/h2-5,8H,1H3,(H,12,15). The van der Waals surface area contributed by atoms with Crippen molar-refractivity contribution in [2.75, 3.05) is 12.0 Å². The van der Waals surface area contributed by atoms with Crippen molar-refractivity contribution in [2.45, 2.75) is 6.23 Å². The summed E-state index contributed by atoms with van der Waals surface area (Å²) in [6.07, 6.45) is -0.914. The first kappa shape index (κ1) is 10.9. The molecule has 2 rings (SSSR count). The number of hydrogen-bond donors (Lipinski definition) is 1. The number of methoxy groups -OCH3 is 1. The highest BCUT2D eigenvalue weighted by Crippen LogP contribution is 2.21. The van der Waals surface area contributed by atoms with Gasteiger partial charge in [-0.2, -0.15) is 0 Å². The SMILES string of the molecule is COC1NC(=O)N(c2ccc(Cl)cc2)C1=O. The molecular weight excluding hydrogens is 232 g/mol. The van der Waals surface area contributed by atoms with Crippen LogP contribution in [0.4, 0.5) is 10.5 Å². The molecule has 1 unspecified atom stereocenters. The Hall–Kier alpha value is -1.59. The van der Waals surface area contributed by atoms with E-state index in [9.17, 15) is 9.59 Å². The number of ether oxygens (including phenoxy) is 1. The summed E-state index contributed by atoms with van der Waals surface area (Å²) in [7, 11) is 1.36. The number of hydrogen-bond acceptors (Lipinski definition) is 3. The highest BCUT2D eigenvalue weighted by molar-refractivity contribution is 6.30. The summed E-state index contributed by atoms with van der Waals surface area (Å²) in [6, 6.07) is 5.91. The number of carbonyl (C=O) groups is 2. The number of imide groups is 1. The van der Waals surface area contributed by atoms with Crippen LogP contribution in [0.15, 0.2) is 24.3 Å². The second-order valence-electron chi connectivity index (χ2n) is 3.22. The van der Waals surface area contributed by atoms with Gasteiger partial charge in [0.25, 0.3) is 5.91 Å². The van der Waals surface area contributed by atoms with Gasteiger partial charge in [0, 0.05) is 12.1 Å². The van der Waals surface area contributed by atoms with Gasteiger partial charge < -0.3 is 10.1 Å². The molecule has 1 aromatic rings. The Labute approximate surface area is 96.9 Å². The molecule has 5 nitrogen and oxygen atoms in total. The molecule has 0 aromatic heterocycles. The molecule has 1 aliphatic heterocycles. The number of rotatable bonds is 2. The van der Waals surface area contributed by atoms with E-state index in [0.29, 0.717) is 10.7 Å². The molecule has 3 amide bonds. The molecule has 0 spiro atoms. The molecule has 1 N–H and O–H groups in total. The van der Waals surface area contributed by atoms with E-state index < -0.39 is 18.2 Å². The minimum Gasteiger partial charge on any atom is -0.353 e. The zero-order valence-electron chi connectivity index (χ0n) is 8.44. The third kappa shape index (κ3) is 1.75. The van der Waals surface area contributed by atoms with E-state index in [-0.39, 0.29) is 0 Å². The predicted molar refractivity (Wildman–Crippen MR) is 58.3 cm³/mol. The maximum atomic E-state index is 11.7. The summed E-state index contributed by atoms with van der Waals surface area (Å²) < 4.78 is 4.82. The number of nitrogens with one attached hydrogen (secondary N) is 1. The fourth-order valence-corrected chi connectivity index (χ4v) is 1.58. The summed E-state index contributed by atoms with van der Waals surface area (Å²) in [5.41, 5.74) is 0.464. The maximum Gasteiger partial charge on any atom is 0.331 e. The maximum absolute atomic E-state index is 11.7. The first-order valence-electron chi connectivity index (χ1n) is 4.56. The lowest BCUT2D eigenvalue weighted by atomic mass is 10.3. The van der Waals surface area contributed by atoms with Crippen LogP contribution in [0, 0.1) is 0 Å². The summed E-state index contributed by atoms with van der Waals surface area (Å²) in [5.74, 6) is -0.435. The van der Waals surface area contributed by atoms with Gasteiger partial charge in [-0.15, -0.1) is 0 Å². The van der Waals surface area contributed by atoms with Crippen LogP contribution in [0.5, 0.6) is 0 Å². The Balaban J connectivity index is 2.31. The Morgan fingerprint density at radius 2 is 1.94 bits per heavy atom. The molecule has 16 heavy (non-hydrogen) atoms. The second kappa shape index (κ2) is 4.11. The number of urea groups is 1. The Morgan fingerprint density at radius 3 is 2.44 bits per heavy atom. The zero-order chi connectivity index (χ0) is 11.7. The molecule has 0 saturated carbocycles. The van der Waals surface area contributed by atoms with Gasteiger partial charge in [-0.05, 0) is 24.3 Å². The van der Waals surface area contributed by atoms with E-state index in [0.717, 1.165) is 4.90 Å². The molecule has 6 heteroatoms. The smallest absolute Gasteiger partial charge is 0.331 e. The lowest BCUT2D eigenvalue weighted by Gasteiger charge is -2.12. The van der Waals surface area contributed by atoms with Gasteiger partial charge >= 0.3 is 6.03 Å². The van der Waals surface area contributed by atoms with Gasteiger partial charge in [0.05, 0.1) is 5.69 Å². The van der Waals surface area contributed by atoms with Crippen LogP contribution in [-0.4, -0.2) is 25.3 Å². The second-order valence-corrected chi connectivity index (χ2v) is 3.65. The average molecular weight is 241 g/mol. The number of benzene rings is 1. The molecule has 84 valence electrons.